The maximum atomic E-state index is 11.8. The van der Waals surface area contributed by atoms with Gasteiger partial charge in [-0.3, -0.25) is 9.59 Å². The van der Waals surface area contributed by atoms with E-state index in [9.17, 15) is 9.59 Å². The smallest absolute Gasteiger partial charge is 0.251 e. The minimum atomic E-state index is -0.0929. The molecule has 1 aliphatic carbocycles. The second-order valence-electron chi connectivity index (χ2n) is 4.28. The minimum absolute atomic E-state index is 0.0929. The molecular weight excluding hydrogens is 238 g/mol. The van der Waals surface area contributed by atoms with Crippen LogP contribution < -0.4 is 5.56 Å². The van der Waals surface area contributed by atoms with Crippen LogP contribution in [0.3, 0.4) is 0 Å². The van der Waals surface area contributed by atoms with E-state index >= 15 is 0 Å². The average molecular weight is 252 g/mol. The van der Waals surface area contributed by atoms with Crippen molar-refractivity contribution >= 4 is 17.4 Å². The van der Waals surface area contributed by atoms with Crippen LogP contribution in [0.25, 0.3) is 0 Å². The van der Waals surface area contributed by atoms with E-state index in [1.54, 1.807) is 10.6 Å². The Labute approximate surface area is 105 Å². The molecule has 0 atom stereocenters. The number of alkyl halides is 1. The lowest BCUT2D eigenvalue weighted by atomic mass is 9.94. The minimum Gasteiger partial charge on any atom is -0.308 e. The Morgan fingerprint density at radius 1 is 1.35 bits per heavy atom. The van der Waals surface area contributed by atoms with E-state index < -0.39 is 0 Å². The van der Waals surface area contributed by atoms with Gasteiger partial charge in [-0.2, -0.15) is 0 Å². The Hall–Kier alpha value is -1.35. The molecule has 0 aliphatic heterocycles. The van der Waals surface area contributed by atoms with E-state index in [0.29, 0.717) is 24.4 Å². The predicted molar refractivity (Wildman–Crippen MR) is 67.8 cm³/mol. The summed E-state index contributed by atoms with van der Waals surface area (Å²) in [5.74, 6) is 0.445. The van der Waals surface area contributed by atoms with E-state index in [4.69, 9.17) is 11.6 Å². The fraction of sp³-hybridized carbons (Fsp3) is 0.385. The molecule has 0 saturated carbocycles. The van der Waals surface area contributed by atoms with Crippen molar-refractivity contribution in [1.82, 2.24) is 4.57 Å². The lowest BCUT2D eigenvalue weighted by Gasteiger charge is -2.20. The molecule has 3 nitrogen and oxygen atoms in total. The second kappa shape index (κ2) is 4.88. The molecular formula is C13H14ClNO2. The number of nitrogens with zero attached hydrogens (tertiary/aromatic N) is 1. The number of carbonyl (C=O) groups excluding carboxylic acids is 1. The van der Waals surface area contributed by atoms with Crippen LogP contribution in [0.1, 0.15) is 28.9 Å². The summed E-state index contributed by atoms with van der Waals surface area (Å²) in [6.07, 6.45) is 2.15. The van der Waals surface area contributed by atoms with E-state index in [1.165, 1.54) is 6.07 Å². The highest BCUT2D eigenvalue weighted by Crippen LogP contribution is 2.20. The van der Waals surface area contributed by atoms with Gasteiger partial charge in [-0.05, 0) is 24.5 Å². The number of aromatic nitrogens is 1. The van der Waals surface area contributed by atoms with Gasteiger partial charge in [0.05, 0.1) is 0 Å². The standard InChI is InChI=1S/C13H14ClNO2/c1-9(7-14)8-15-11-3-2-4-12(16)10(11)5-6-13(15)17/h5-6H,1-4,7-8H2. The lowest BCUT2D eigenvalue weighted by molar-refractivity contribution is 0.0970. The van der Waals surface area contributed by atoms with Crippen LogP contribution in [0.5, 0.6) is 0 Å². The second-order valence-corrected chi connectivity index (χ2v) is 4.55. The highest BCUT2D eigenvalue weighted by molar-refractivity contribution is 6.19. The molecule has 1 aliphatic rings. The quantitative estimate of drug-likeness (QED) is 0.610. The first-order valence-electron chi connectivity index (χ1n) is 5.62. The number of carbonyl (C=O) groups is 1. The Morgan fingerprint density at radius 3 is 2.82 bits per heavy atom. The lowest BCUT2D eigenvalue weighted by Crippen LogP contribution is -2.28. The van der Waals surface area contributed by atoms with Gasteiger partial charge in [-0.25, -0.2) is 0 Å². The first kappa shape index (κ1) is 12.1. The summed E-state index contributed by atoms with van der Waals surface area (Å²) in [6, 6.07) is 3.09. The molecule has 90 valence electrons. The summed E-state index contributed by atoms with van der Waals surface area (Å²) in [4.78, 5) is 23.6. The first-order valence-corrected chi connectivity index (χ1v) is 6.15. The Balaban J connectivity index is 2.50. The molecule has 0 aromatic carbocycles. The molecule has 4 heteroatoms. The highest BCUT2D eigenvalue weighted by Gasteiger charge is 2.20. The summed E-state index contributed by atoms with van der Waals surface area (Å²) in [5, 5.41) is 0. The number of fused-ring (bicyclic) bond motifs is 1. The van der Waals surface area contributed by atoms with Crippen LogP contribution in [-0.4, -0.2) is 16.2 Å². The Morgan fingerprint density at radius 2 is 2.12 bits per heavy atom. The van der Waals surface area contributed by atoms with Crippen molar-refractivity contribution < 1.29 is 4.79 Å². The first-order chi connectivity index (χ1) is 8.13. The van der Waals surface area contributed by atoms with E-state index in [0.717, 1.165) is 24.1 Å². The number of pyridine rings is 1. The predicted octanol–water partition coefficient (Wildman–Crippen LogP) is 2.16. The van der Waals surface area contributed by atoms with Gasteiger partial charge in [-0.1, -0.05) is 6.58 Å². The van der Waals surface area contributed by atoms with Crippen molar-refractivity contribution in [3.8, 4) is 0 Å². The maximum Gasteiger partial charge on any atom is 0.251 e. The number of hydrogen-bond donors (Lipinski definition) is 0. The fourth-order valence-corrected chi connectivity index (χ4v) is 2.22. The van der Waals surface area contributed by atoms with Gasteiger partial charge in [0.25, 0.3) is 5.56 Å². The molecule has 1 aromatic heterocycles. The molecule has 17 heavy (non-hydrogen) atoms. The molecule has 2 rings (SSSR count). The largest absolute Gasteiger partial charge is 0.308 e. The van der Waals surface area contributed by atoms with Gasteiger partial charge >= 0.3 is 0 Å². The zero-order valence-electron chi connectivity index (χ0n) is 9.54. The van der Waals surface area contributed by atoms with Gasteiger partial charge in [0, 0.05) is 36.2 Å². The van der Waals surface area contributed by atoms with Crippen molar-refractivity contribution in [2.45, 2.75) is 25.8 Å². The third-order valence-corrected chi connectivity index (χ3v) is 3.36. The SMILES string of the molecule is C=C(CCl)Cn1c2c(ccc1=O)C(=O)CCC2. The van der Waals surface area contributed by atoms with Crippen molar-refractivity contribution in [1.29, 1.82) is 0 Å². The molecule has 0 N–H and O–H groups in total. The zero-order chi connectivity index (χ0) is 12.4. The normalized spacial score (nSPS) is 14.5. The Kier molecular flexibility index (Phi) is 3.48. The summed E-state index contributed by atoms with van der Waals surface area (Å²) in [5.41, 5.74) is 2.20. The van der Waals surface area contributed by atoms with Gasteiger partial charge in [-0.15, -0.1) is 11.6 Å². The number of ketones is 1. The van der Waals surface area contributed by atoms with Crippen molar-refractivity contribution in [3.05, 3.63) is 45.9 Å². The molecule has 0 saturated heterocycles. The monoisotopic (exact) mass is 251 g/mol. The topological polar surface area (TPSA) is 39.1 Å². The van der Waals surface area contributed by atoms with Crippen molar-refractivity contribution in [3.63, 3.8) is 0 Å². The highest BCUT2D eigenvalue weighted by atomic mass is 35.5. The number of hydrogen-bond acceptors (Lipinski definition) is 2. The number of rotatable bonds is 3. The van der Waals surface area contributed by atoms with Crippen LogP contribution in [0, 0.1) is 0 Å². The van der Waals surface area contributed by atoms with E-state index in [-0.39, 0.29) is 11.3 Å². The van der Waals surface area contributed by atoms with Gasteiger partial charge in [0.2, 0.25) is 0 Å². The average Bonchev–Trinajstić information content (AvgIpc) is 2.33. The number of allylic oxidation sites excluding steroid dienone is 1. The van der Waals surface area contributed by atoms with Crippen LogP contribution in [0.15, 0.2) is 29.1 Å². The Bertz CT molecular complexity index is 531. The molecule has 0 fully saturated rings. The number of halogens is 1. The van der Waals surface area contributed by atoms with Crippen LogP contribution in [0.4, 0.5) is 0 Å². The zero-order valence-corrected chi connectivity index (χ0v) is 10.3. The summed E-state index contributed by atoms with van der Waals surface area (Å²) >= 11 is 5.68. The molecule has 0 bridgehead atoms. The number of Topliss-reactive ketones (excluding diaryl/α,β-unsaturated/α-hetero) is 1. The van der Waals surface area contributed by atoms with Crippen LogP contribution in [0.2, 0.25) is 0 Å². The maximum absolute atomic E-state index is 11.8. The summed E-state index contributed by atoms with van der Waals surface area (Å²) in [6.45, 7) is 4.20. The van der Waals surface area contributed by atoms with Crippen LogP contribution in [-0.2, 0) is 13.0 Å². The molecule has 1 aromatic rings. The molecule has 0 radical (unpaired) electrons. The van der Waals surface area contributed by atoms with E-state index in [1.807, 2.05) is 0 Å². The fourth-order valence-electron chi connectivity index (χ4n) is 2.13. The van der Waals surface area contributed by atoms with Gasteiger partial charge < -0.3 is 4.57 Å². The van der Waals surface area contributed by atoms with Gasteiger partial charge in [0.15, 0.2) is 5.78 Å². The van der Waals surface area contributed by atoms with Crippen molar-refractivity contribution in [2.24, 2.45) is 0 Å². The summed E-state index contributed by atoms with van der Waals surface area (Å²) < 4.78 is 1.62. The van der Waals surface area contributed by atoms with Crippen LogP contribution >= 0.6 is 11.6 Å². The van der Waals surface area contributed by atoms with Gasteiger partial charge in [0.1, 0.15) is 0 Å². The molecule has 0 spiro atoms. The third kappa shape index (κ3) is 2.34. The van der Waals surface area contributed by atoms with Crippen molar-refractivity contribution in [2.75, 3.05) is 5.88 Å². The molecule has 0 amide bonds. The molecule has 0 unspecified atom stereocenters. The van der Waals surface area contributed by atoms with E-state index in [2.05, 4.69) is 6.58 Å². The summed E-state index contributed by atoms with van der Waals surface area (Å²) in [7, 11) is 0. The third-order valence-electron chi connectivity index (χ3n) is 2.98. The molecule has 1 heterocycles.